The molecule has 6 nitrogen and oxygen atoms in total. The molecule has 0 saturated carbocycles. The van der Waals surface area contributed by atoms with E-state index in [1.807, 2.05) is 60.7 Å². The van der Waals surface area contributed by atoms with Crippen LogP contribution in [-0.4, -0.2) is 19.1 Å². The molecular formula is C36H35Cl2NO5. The molecule has 228 valence electrons. The van der Waals surface area contributed by atoms with E-state index in [1.165, 1.54) is 7.11 Å². The molecule has 3 atom stereocenters. The number of carbonyl (C=O) groups is 1. The SMILES string of the molecule is CC[C@H](N[C@@H](CC1=COC=C(C2=CC=CC[C@@H]2c2ccc(OCc3ccc(Cl)c(Cl)c3)cc2)O1)C(=O)OC)c1ccccc1. The second-order valence-corrected chi connectivity index (χ2v) is 11.4. The van der Waals surface area contributed by atoms with E-state index < -0.39 is 6.04 Å². The third-order valence-electron chi connectivity index (χ3n) is 7.63. The van der Waals surface area contributed by atoms with Crippen molar-refractivity contribution in [2.24, 2.45) is 0 Å². The predicted octanol–water partition coefficient (Wildman–Crippen LogP) is 8.94. The van der Waals surface area contributed by atoms with Gasteiger partial charge in [-0.05, 0) is 53.8 Å². The second kappa shape index (κ2) is 15.2. The molecule has 0 spiro atoms. The molecule has 1 N–H and O–H groups in total. The molecule has 44 heavy (non-hydrogen) atoms. The van der Waals surface area contributed by atoms with Crippen molar-refractivity contribution >= 4 is 29.2 Å². The summed E-state index contributed by atoms with van der Waals surface area (Å²) >= 11 is 12.2. The van der Waals surface area contributed by atoms with E-state index >= 15 is 0 Å². The minimum atomic E-state index is -0.619. The average Bonchev–Trinajstić information content (AvgIpc) is 3.07. The minimum absolute atomic E-state index is 0.0214. The lowest BCUT2D eigenvalue weighted by molar-refractivity contribution is -0.143. The highest BCUT2D eigenvalue weighted by Crippen LogP contribution is 2.39. The zero-order valence-electron chi connectivity index (χ0n) is 24.7. The lowest BCUT2D eigenvalue weighted by atomic mass is 9.84. The maximum absolute atomic E-state index is 12.8. The Morgan fingerprint density at radius 2 is 1.82 bits per heavy atom. The fraction of sp³-hybridized carbons (Fsp3) is 0.250. The van der Waals surface area contributed by atoms with Gasteiger partial charge in [-0.15, -0.1) is 0 Å². The normalized spacial score (nSPS) is 17.3. The molecule has 0 amide bonds. The van der Waals surface area contributed by atoms with E-state index in [1.54, 1.807) is 24.7 Å². The van der Waals surface area contributed by atoms with Crippen molar-refractivity contribution in [1.82, 2.24) is 5.32 Å². The summed E-state index contributed by atoms with van der Waals surface area (Å²) in [5, 5.41) is 4.48. The maximum Gasteiger partial charge on any atom is 0.323 e. The zero-order valence-corrected chi connectivity index (χ0v) is 26.2. The molecule has 1 heterocycles. The summed E-state index contributed by atoms with van der Waals surface area (Å²) in [6.07, 6.45) is 11.2. The van der Waals surface area contributed by atoms with Crippen LogP contribution in [0.5, 0.6) is 5.75 Å². The summed E-state index contributed by atoms with van der Waals surface area (Å²) < 4.78 is 23.2. The van der Waals surface area contributed by atoms with E-state index in [9.17, 15) is 4.79 Å². The lowest BCUT2D eigenvalue weighted by Gasteiger charge is -2.28. The largest absolute Gasteiger partial charge is 0.489 e. The highest BCUT2D eigenvalue weighted by molar-refractivity contribution is 6.42. The van der Waals surface area contributed by atoms with Crippen LogP contribution in [0.15, 0.2) is 121 Å². The van der Waals surface area contributed by atoms with E-state index in [4.69, 9.17) is 42.1 Å². The number of hydrogen-bond acceptors (Lipinski definition) is 6. The van der Waals surface area contributed by atoms with E-state index in [0.29, 0.717) is 28.2 Å². The summed E-state index contributed by atoms with van der Waals surface area (Å²) in [5.74, 6) is 1.58. The van der Waals surface area contributed by atoms with Gasteiger partial charge in [0, 0.05) is 24.0 Å². The molecule has 0 unspecified atom stereocenters. The van der Waals surface area contributed by atoms with Crippen LogP contribution in [0, 0.1) is 0 Å². The predicted molar refractivity (Wildman–Crippen MR) is 173 cm³/mol. The Morgan fingerprint density at radius 3 is 2.55 bits per heavy atom. The first-order valence-corrected chi connectivity index (χ1v) is 15.4. The number of hydrogen-bond donors (Lipinski definition) is 1. The van der Waals surface area contributed by atoms with Gasteiger partial charge in [-0.3, -0.25) is 10.1 Å². The summed E-state index contributed by atoms with van der Waals surface area (Å²) in [6.45, 7) is 2.46. The standard InChI is InChI=1S/C36H35Cl2NO5/c1-3-33(26-9-5-4-6-10-26)39-34(36(40)41-2)20-28-22-42-23-35(44-28)30-12-8-7-11-29(30)25-14-16-27(17-15-25)43-21-24-13-18-31(37)32(38)19-24/h4-10,12-19,22-23,29,33-34,39H,3,11,20-21H2,1-2H3/t29-,33+,34+/m1/s1. The Bertz CT molecular complexity index is 1560. The quantitative estimate of drug-likeness (QED) is 0.201. The molecule has 0 bridgehead atoms. The number of halogens is 2. The van der Waals surface area contributed by atoms with Crippen LogP contribution in [0.25, 0.3) is 0 Å². The number of allylic oxidation sites excluding steroid dienone is 4. The van der Waals surface area contributed by atoms with Gasteiger partial charge in [-0.25, -0.2) is 0 Å². The molecule has 8 heteroatoms. The van der Waals surface area contributed by atoms with Crippen LogP contribution in [0.4, 0.5) is 0 Å². The van der Waals surface area contributed by atoms with Gasteiger partial charge in [-0.1, -0.05) is 96.9 Å². The third kappa shape index (κ3) is 7.94. The van der Waals surface area contributed by atoms with Gasteiger partial charge < -0.3 is 18.9 Å². The van der Waals surface area contributed by atoms with Gasteiger partial charge in [0.05, 0.1) is 17.2 Å². The van der Waals surface area contributed by atoms with Crippen molar-refractivity contribution < 1.29 is 23.7 Å². The summed E-state index contributed by atoms with van der Waals surface area (Å²) in [4.78, 5) is 12.8. The van der Waals surface area contributed by atoms with Gasteiger partial charge in [0.25, 0.3) is 0 Å². The fourth-order valence-electron chi connectivity index (χ4n) is 5.30. The number of nitrogens with one attached hydrogen (secondary N) is 1. The first kappa shape index (κ1) is 31.5. The molecule has 2 aliphatic rings. The first-order valence-electron chi connectivity index (χ1n) is 14.6. The maximum atomic E-state index is 12.8. The van der Waals surface area contributed by atoms with E-state index in [2.05, 4.69) is 30.4 Å². The van der Waals surface area contributed by atoms with E-state index in [-0.39, 0.29) is 24.3 Å². The van der Waals surface area contributed by atoms with Crippen LogP contribution in [-0.2, 0) is 25.6 Å². The Balaban J connectivity index is 1.24. The Morgan fingerprint density at radius 1 is 1.02 bits per heavy atom. The van der Waals surface area contributed by atoms with Crippen molar-refractivity contribution in [1.29, 1.82) is 0 Å². The van der Waals surface area contributed by atoms with Gasteiger partial charge in [0.15, 0.2) is 5.76 Å². The third-order valence-corrected chi connectivity index (χ3v) is 8.37. The number of ether oxygens (including phenoxy) is 4. The van der Waals surface area contributed by atoms with Crippen LogP contribution in [0.2, 0.25) is 10.0 Å². The highest BCUT2D eigenvalue weighted by atomic mass is 35.5. The summed E-state index contributed by atoms with van der Waals surface area (Å²) in [7, 11) is 1.39. The van der Waals surface area contributed by atoms with Crippen LogP contribution < -0.4 is 10.1 Å². The topological polar surface area (TPSA) is 66.0 Å². The molecule has 1 aliphatic heterocycles. The Hall–Kier alpha value is -3.97. The first-order chi connectivity index (χ1) is 21.4. The lowest BCUT2D eigenvalue weighted by Crippen LogP contribution is -2.40. The van der Waals surface area contributed by atoms with Gasteiger partial charge in [0.2, 0.25) is 0 Å². The van der Waals surface area contributed by atoms with Gasteiger partial charge >= 0.3 is 5.97 Å². The average molecular weight is 633 g/mol. The van der Waals surface area contributed by atoms with Crippen molar-refractivity contribution in [3.8, 4) is 5.75 Å². The van der Waals surface area contributed by atoms with Crippen LogP contribution >= 0.6 is 23.2 Å². The molecule has 0 fully saturated rings. The van der Waals surface area contributed by atoms with E-state index in [0.717, 1.165) is 40.9 Å². The summed E-state index contributed by atoms with van der Waals surface area (Å²) in [6, 6.07) is 22.9. The number of methoxy groups -OCH3 is 1. The molecule has 3 aromatic rings. The molecular weight excluding hydrogens is 597 g/mol. The van der Waals surface area contributed by atoms with Crippen molar-refractivity contribution in [2.45, 2.75) is 50.8 Å². The number of benzene rings is 3. The zero-order chi connectivity index (χ0) is 30.9. The monoisotopic (exact) mass is 631 g/mol. The minimum Gasteiger partial charge on any atom is -0.489 e. The van der Waals surface area contributed by atoms with Gasteiger partial charge in [0.1, 0.15) is 36.7 Å². The number of rotatable bonds is 12. The van der Waals surface area contributed by atoms with Crippen molar-refractivity contribution in [3.05, 3.63) is 147 Å². The molecule has 0 aromatic heterocycles. The van der Waals surface area contributed by atoms with Gasteiger partial charge in [-0.2, -0.15) is 0 Å². The molecule has 5 rings (SSSR count). The van der Waals surface area contributed by atoms with Crippen LogP contribution in [0.1, 0.15) is 54.8 Å². The summed E-state index contributed by atoms with van der Waals surface area (Å²) in [5.41, 5.74) is 4.14. The smallest absolute Gasteiger partial charge is 0.323 e. The second-order valence-electron chi connectivity index (χ2n) is 10.6. The number of esters is 1. The van der Waals surface area contributed by atoms with Crippen LogP contribution in [0.3, 0.4) is 0 Å². The molecule has 0 radical (unpaired) electrons. The molecule has 3 aromatic carbocycles. The molecule has 1 aliphatic carbocycles. The van der Waals surface area contributed by atoms with Crippen molar-refractivity contribution in [3.63, 3.8) is 0 Å². The fourth-order valence-corrected chi connectivity index (χ4v) is 5.62. The Kier molecular flexibility index (Phi) is 10.8. The molecule has 0 saturated heterocycles. The van der Waals surface area contributed by atoms with Crippen molar-refractivity contribution in [2.75, 3.05) is 7.11 Å². The number of carbonyl (C=O) groups excluding carboxylic acids is 1. The Labute approximate surface area is 268 Å². The highest BCUT2D eigenvalue weighted by Gasteiger charge is 2.29.